The van der Waals surface area contributed by atoms with Gasteiger partial charge in [-0.05, 0) is 65.2 Å². The van der Waals surface area contributed by atoms with Crippen LogP contribution >= 0.6 is 0 Å². The highest BCUT2D eigenvalue weighted by atomic mass is 16.5. The van der Waals surface area contributed by atoms with Crippen molar-refractivity contribution in [2.45, 2.75) is 155 Å². The first kappa shape index (κ1) is 27.4. The SMILES string of the molecule is CCCCCCCCCCCC1(CCCCCC(=O)O)CC(C)(C)N([O])C(C)(C)C1. The average molecular weight is 425 g/mol. The first-order valence-electron chi connectivity index (χ1n) is 12.7. The summed E-state index contributed by atoms with van der Waals surface area (Å²) in [6.45, 7) is 10.7. The van der Waals surface area contributed by atoms with Gasteiger partial charge in [0, 0.05) is 17.5 Å². The molecule has 30 heavy (non-hydrogen) atoms. The molecule has 0 saturated carbocycles. The van der Waals surface area contributed by atoms with Gasteiger partial charge in [-0.1, -0.05) is 77.6 Å². The van der Waals surface area contributed by atoms with E-state index in [1.54, 1.807) is 0 Å². The molecule has 0 aromatic rings. The molecule has 1 heterocycles. The summed E-state index contributed by atoms with van der Waals surface area (Å²) in [5, 5.41) is 23.1. The molecule has 1 saturated heterocycles. The van der Waals surface area contributed by atoms with Crippen LogP contribution in [-0.4, -0.2) is 27.2 Å². The van der Waals surface area contributed by atoms with Gasteiger partial charge in [0.15, 0.2) is 0 Å². The topological polar surface area (TPSA) is 60.4 Å². The van der Waals surface area contributed by atoms with Gasteiger partial charge in [0.2, 0.25) is 0 Å². The Labute approximate surface area is 186 Å². The number of unbranched alkanes of at least 4 members (excludes halogenated alkanes) is 10. The molecule has 0 amide bonds. The quantitative estimate of drug-likeness (QED) is 0.256. The van der Waals surface area contributed by atoms with Crippen molar-refractivity contribution in [2.75, 3.05) is 0 Å². The minimum Gasteiger partial charge on any atom is -0.481 e. The summed E-state index contributed by atoms with van der Waals surface area (Å²) in [5.74, 6) is -0.693. The highest BCUT2D eigenvalue weighted by molar-refractivity contribution is 5.66. The molecule has 0 aromatic carbocycles. The number of rotatable bonds is 16. The Bertz CT molecular complexity index is 469. The van der Waals surface area contributed by atoms with Crippen molar-refractivity contribution < 1.29 is 15.1 Å². The Morgan fingerprint density at radius 2 is 1.13 bits per heavy atom. The molecular formula is C26H50NO3. The molecule has 4 heteroatoms. The lowest BCUT2D eigenvalue weighted by Gasteiger charge is -2.56. The molecule has 0 unspecified atom stereocenters. The number of hydrogen-bond donors (Lipinski definition) is 1. The molecule has 1 rings (SSSR count). The zero-order valence-corrected chi connectivity index (χ0v) is 20.7. The van der Waals surface area contributed by atoms with E-state index in [9.17, 15) is 10.0 Å². The van der Waals surface area contributed by atoms with Gasteiger partial charge >= 0.3 is 5.97 Å². The highest BCUT2D eigenvalue weighted by Crippen LogP contribution is 2.52. The number of carbonyl (C=O) groups is 1. The summed E-state index contributed by atoms with van der Waals surface area (Å²) >= 11 is 0. The van der Waals surface area contributed by atoms with Crippen molar-refractivity contribution in [3.8, 4) is 0 Å². The number of nitrogens with zero attached hydrogens (tertiary/aromatic N) is 1. The second-order valence-electron chi connectivity index (χ2n) is 11.3. The van der Waals surface area contributed by atoms with Crippen LogP contribution in [0.4, 0.5) is 0 Å². The number of hydrogen-bond acceptors (Lipinski definition) is 2. The number of piperidine rings is 1. The van der Waals surface area contributed by atoms with Crippen LogP contribution in [0.2, 0.25) is 0 Å². The fraction of sp³-hybridized carbons (Fsp3) is 0.962. The van der Waals surface area contributed by atoms with Gasteiger partial charge in [-0.3, -0.25) is 4.79 Å². The zero-order chi connectivity index (χ0) is 22.7. The summed E-state index contributed by atoms with van der Waals surface area (Å²) in [6, 6.07) is 0. The summed E-state index contributed by atoms with van der Waals surface area (Å²) < 4.78 is 0. The van der Waals surface area contributed by atoms with Crippen LogP contribution < -0.4 is 0 Å². The van der Waals surface area contributed by atoms with E-state index in [1.165, 1.54) is 69.3 Å². The highest BCUT2D eigenvalue weighted by Gasteiger charge is 2.52. The molecule has 1 fully saturated rings. The van der Waals surface area contributed by atoms with Crippen LogP contribution in [0.15, 0.2) is 0 Å². The molecule has 0 bridgehead atoms. The van der Waals surface area contributed by atoms with E-state index in [4.69, 9.17) is 5.11 Å². The van der Waals surface area contributed by atoms with Gasteiger partial charge in [0.05, 0.1) is 0 Å². The van der Waals surface area contributed by atoms with Crippen molar-refractivity contribution in [2.24, 2.45) is 5.41 Å². The molecule has 1 radical (unpaired) electrons. The molecule has 0 atom stereocenters. The zero-order valence-electron chi connectivity index (χ0n) is 20.7. The smallest absolute Gasteiger partial charge is 0.303 e. The second kappa shape index (κ2) is 13.1. The molecule has 1 aliphatic heterocycles. The summed E-state index contributed by atoms with van der Waals surface area (Å²) in [6.07, 6.45) is 19.4. The Balaban J connectivity index is 2.56. The van der Waals surface area contributed by atoms with Gasteiger partial charge in [0.25, 0.3) is 0 Å². The van der Waals surface area contributed by atoms with Crippen molar-refractivity contribution in [1.29, 1.82) is 0 Å². The Morgan fingerprint density at radius 1 is 0.733 bits per heavy atom. The predicted molar refractivity (Wildman–Crippen MR) is 125 cm³/mol. The third-order valence-corrected chi connectivity index (χ3v) is 7.12. The lowest BCUT2D eigenvalue weighted by molar-refractivity contribution is -0.305. The maximum absolute atomic E-state index is 12.9. The van der Waals surface area contributed by atoms with Gasteiger partial charge in [-0.15, -0.1) is 10.3 Å². The Morgan fingerprint density at radius 3 is 1.57 bits per heavy atom. The summed E-state index contributed by atoms with van der Waals surface area (Å²) in [7, 11) is 0. The molecule has 4 nitrogen and oxygen atoms in total. The van der Waals surface area contributed by atoms with E-state index in [-0.39, 0.29) is 22.9 Å². The van der Waals surface area contributed by atoms with E-state index < -0.39 is 5.97 Å². The van der Waals surface area contributed by atoms with Crippen LogP contribution in [-0.2, 0) is 10.0 Å². The molecule has 0 aliphatic carbocycles. The van der Waals surface area contributed by atoms with Crippen LogP contribution in [0.25, 0.3) is 0 Å². The fourth-order valence-corrected chi connectivity index (χ4v) is 6.10. The third kappa shape index (κ3) is 9.68. The van der Waals surface area contributed by atoms with Crippen LogP contribution in [0.3, 0.4) is 0 Å². The predicted octanol–water partition coefficient (Wildman–Crippen LogP) is 7.93. The number of carboxylic acid groups (broad SMARTS) is 1. The van der Waals surface area contributed by atoms with Crippen molar-refractivity contribution >= 4 is 5.97 Å². The number of hydroxylamine groups is 2. The minimum absolute atomic E-state index is 0.220. The lowest BCUT2D eigenvalue weighted by Crippen LogP contribution is -2.61. The van der Waals surface area contributed by atoms with Crippen LogP contribution in [0, 0.1) is 5.41 Å². The van der Waals surface area contributed by atoms with E-state index >= 15 is 0 Å². The fourth-order valence-electron chi connectivity index (χ4n) is 6.10. The molecule has 0 aromatic heterocycles. The van der Waals surface area contributed by atoms with E-state index in [1.807, 2.05) is 0 Å². The number of aliphatic carboxylic acids is 1. The third-order valence-electron chi connectivity index (χ3n) is 7.12. The standard InChI is InChI=1S/C26H50NO3/c1-6-7-8-9-10-11-12-13-16-19-26(20-17-14-15-18-23(28)29)21-24(2,3)27(30)25(4,5)22-26/h6-22H2,1-5H3,(H,28,29). The normalized spacial score (nSPS) is 20.3. The molecule has 1 aliphatic rings. The van der Waals surface area contributed by atoms with Crippen LogP contribution in [0.5, 0.6) is 0 Å². The summed E-state index contributed by atoms with van der Waals surface area (Å²) in [4.78, 5) is 10.8. The van der Waals surface area contributed by atoms with Gasteiger partial charge in [0.1, 0.15) is 0 Å². The van der Waals surface area contributed by atoms with E-state index in [0.29, 0.717) is 0 Å². The van der Waals surface area contributed by atoms with E-state index in [0.717, 1.165) is 38.5 Å². The number of carboxylic acids is 1. The average Bonchev–Trinajstić information content (AvgIpc) is 2.64. The Hall–Kier alpha value is -0.610. The summed E-state index contributed by atoms with van der Waals surface area (Å²) in [5.41, 5.74) is -0.442. The molecule has 0 spiro atoms. The first-order valence-corrected chi connectivity index (χ1v) is 12.7. The van der Waals surface area contributed by atoms with Crippen molar-refractivity contribution in [1.82, 2.24) is 5.06 Å². The van der Waals surface area contributed by atoms with Gasteiger partial charge < -0.3 is 5.11 Å². The monoisotopic (exact) mass is 424 g/mol. The van der Waals surface area contributed by atoms with Crippen molar-refractivity contribution in [3.63, 3.8) is 0 Å². The Kier molecular flexibility index (Phi) is 11.9. The largest absolute Gasteiger partial charge is 0.481 e. The molecule has 177 valence electrons. The lowest BCUT2D eigenvalue weighted by atomic mass is 9.61. The molecule has 1 N–H and O–H groups in total. The van der Waals surface area contributed by atoms with Crippen molar-refractivity contribution in [3.05, 3.63) is 0 Å². The maximum Gasteiger partial charge on any atom is 0.303 e. The molecular weight excluding hydrogens is 374 g/mol. The van der Waals surface area contributed by atoms with Crippen LogP contribution in [0.1, 0.15) is 144 Å². The first-order chi connectivity index (χ1) is 14.0. The van der Waals surface area contributed by atoms with Gasteiger partial charge in [-0.25, -0.2) is 0 Å². The second-order valence-corrected chi connectivity index (χ2v) is 11.3. The minimum atomic E-state index is -0.693. The van der Waals surface area contributed by atoms with Gasteiger partial charge in [-0.2, -0.15) is 0 Å². The maximum atomic E-state index is 12.9. The van der Waals surface area contributed by atoms with E-state index in [2.05, 4.69) is 34.6 Å².